The van der Waals surface area contributed by atoms with Crippen LogP contribution < -0.4 is 5.73 Å². The molecule has 13 heavy (non-hydrogen) atoms. The third-order valence-corrected chi connectivity index (χ3v) is 2.95. The molecule has 1 saturated carbocycles. The molecule has 0 aromatic heterocycles. The van der Waals surface area contributed by atoms with Crippen molar-refractivity contribution in [1.82, 2.24) is 0 Å². The Bertz CT molecular complexity index is 182. The quantitative estimate of drug-likeness (QED) is 0.702. The van der Waals surface area contributed by atoms with Crippen LogP contribution in [0.25, 0.3) is 0 Å². The first-order valence-corrected chi connectivity index (χ1v) is 5.08. The number of nitrogens with two attached hydrogens (primary N) is 1. The van der Waals surface area contributed by atoms with Crippen molar-refractivity contribution in [2.24, 2.45) is 17.6 Å². The topological polar surface area (TPSA) is 63.3 Å². The molecular weight excluding hydrogens is 166 g/mol. The Morgan fingerprint density at radius 1 is 1.62 bits per heavy atom. The van der Waals surface area contributed by atoms with Crippen molar-refractivity contribution in [3.8, 4) is 0 Å². The van der Waals surface area contributed by atoms with E-state index in [2.05, 4.69) is 6.92 Å². The van der Waals surface area contributed by atoms with Crippen molar-refractivity contribution in [3.05, 3.63) is 0 Å². The van der Waals surface area contributed by atoms with E-state index in [4.69, 9.17) is 10.8 Å². The van der Waals surface area contributed by atoms with Gasteiger partial charge in [0.1, 0.15) is 6.04 Å². The van der Waals surface area contributed by atoms with Crippen molar-refractivity contribution in [2.45, 2.75) is 45.1 Å². The van der Waals surface area contributed by atoms with E-state index in [1.165, 1.54) is 12.8 Å². The molecule has 1 fully saturated rings. The van der Waals surface area contributed by atoms with E-state index < -0.39 is 12.0 Å². The van der Waals surface area contributed by atoms with Gasteiger partial charge >= 0.3 is 5.97 Å². The van der Waals surface area contributed by atoms with E-state index in [0.29, 0.717) is 12.3 Å². The van der Waals surface area contributed by atoms with Gasteiger partial charge in [-0.25, -0.2) is 0 Å². The van der Waals surface area contributed by atoms with Crippen molar-refractivity contribution in [3.63, 3.8) is 0 Å². The lowest BCUT2D eigenvalue weighted by molar-refractivity contribution is -0.139. The fraction of sp³-hybridized carbons (Fsp3) is 0.900. The van der Waals surface area contributed by atoms with Crippen molar-refractivity contribution < 1.29 is 9.90 Å². The van der Waals surface area contributed by atoms with Crippen LogP contribution >= 0.6 is 0 Å². The Kier molecular flexibility index (Phi) is 3.72. The first kappa shape index (κ1) is 10.5. The van der Waals surface area contributed by atoms with Gasteiger partial charge in [-0.15, -0.1) is 0 Å². The molecule has 0 heterocycles. The first-order valence-electron chi connectivity index (χ1n) is 5.08. The molecule has 3 heteroatoms. The highest BCUT2D eigenvalue weighted by Crippen LogP contribution is 2.31. The van der Waals surface area contributed by atoms with Crippen LogP contribution in [0.1, 0.15) is 39.0 Å². The predicted molar refractivity (Wildman–Crippen MR) is 51.4 cm³/mol. The van der Waals surface area contributed by atoms with Gasteiger partial charge < -0.3 is 10.8 Å². The number of carboxylic acid groups (broad SMARTS) is 1. The standard InChI is InChI=1S/C10H19NO2/c1-7-3-2-4-8(5-7)6-9(11)10(12)13/h7-9H,2-6,11H2,1H3,(H,12,13)/t7?,8?,9-/m0/s1. The molecule has 0 saturated heterocycles. The fourth-order valence-electron chi connectivity index (χ4n) is 2.23. The summed E-state index contributed by atoms with van der Waals surface area (Å²) in [5, 5.41) is 8.65. The SMILES string of the molecule is CC1CCCC(C[C@H](N)C(=O)O)C1. The van der Waals surface area contributed by atoms with E-state index >= 15 is 0 Å². The second-order valence-corrected chi connectivity index (χ2v) is 4.32. The van der Waals surface area contributed by atoms with Gasteiger partial charge in [-0.2, -0.15) is 0 Å². The molecule has 3 atom stereocenters. The Morgan fingerprint density at radius 2 is 2.31 bits per heavy atom. The van der Waals surface area contributed by atoms with Gasteiger partial charge in [-0.3, -0.25) is 4.79 Å². The lowest BCUT2D eigenvalue weighted by Crippen LogP contribution is -2.33. The molecule has 1 aliphatic rings. The van der Waals surface area contributed by atoms with Gasteiger partial charge in [-0.1, -0.05) is 26.2 Å². The van der Waals surface area contributed by atoms with Crippen LogP contribution in [0.2, 0.25) is 0 Å². The van der Waals surface area contributed by atoms with Crippen LogP contribution in [0.15, 0.2) is 0 Å². The average molecular weight is 185 g/mol. The summed E-state index contributed by atoms with van der Waals surface area (Å²) in [4.78, 5) is 10.5. The van der Waals surface area contributed by atoms with Crippen molar-refractivity contribution in [1.29, 1.82) is 0 Å². The molecule has 1 rings (SSSR count). The molecule has 76 valence electrons. The number of carboxylic acids is 1. The summed E-state index contributed by atoms with van der Waals surface area (Å²) in [6, 6.07) is -0.657. The zero-order valence-corrected chi connectivity index (χ0v) is 8.20. The van der Waals surface area contributed by atoms with Crippen LogP contribution in [-0.4, -0.2) is 17.1 Å². The van der Waals surface area contributed by atoms with Gasteiger partial charge in [0.25, 0.3) is 0 Å². The molecule has 3 nitrogen and oxygen atoms in total. The van der Waals surface area contributed by atoms with Crippen LogP contribution in [0, 0.1) is 11.8 Å². The molecule has 0 spiro atoms. The lowest BCUT2D eigenvalue weighted by Gasteiger charge is -2.27. The van der Waals surface area contributed by atoms with Gasteiger partial charge in [0, 0.05) is 0 Å². The van der Waals surface area contributed by atoms with Gasteiger partial charge in [0.05, 0.1) is 0 Å². The van der Waals surface area contributed by atoms with Crippen LogP contribution in [-0.2, 0) is 4.79 Å². The summed E-state index contributed by atoms with van der Waals surface area (Å²) in [7, 11) is 0. The molecule has 0 aromatic carbocycles. The highest BCUT2D eigenvalue weighted by atomic mass is 16.4. The number of rotatable bonds is 3. The minimum absolute atomic E-state index is 0.537. The third-order valence-electron chi connectivity index (χ3n) is 2.95. The second-order valence-electron chi connectivity index (χ2n) is 4.32. The molecule has 0 aliphatic heterocycles. The summed E-state index contributed by atoms with van der Waals surface area (Å²) in [5.41, 5.74) is 5.49. The van der Waals surface area contributed by atoms with Crippen LogP contribution in [0.4, 0.5) is 0 Å². The van der Waals surface area contributed by atoms with Gasteiger partial charge in [0.15, 0.2) is 0 Å². The third kappa shape index (κ3) is 3.35. The van der Waals surface area contributed by atoms with E-state index in [9.17, 15) is 4.79 Å². The lowest BCUT2D eigenvalue weighted by atomic mass is 9.79. The largest absolute Gasteiger partial charge is 0.480 e. The minimum Gasteiger partial charge on any atom is -0.480 e. The van der Waals surface area contributed by atoms with E-state index in [1.54, 1.807) is 0 Å². The highest BCUT2D eigenvalue weighted by molar-refractivity contribution is 5.73. The first-order chi connectivity index (χ1) is 6.09. The van der Waals surface area contributed by atoms with Crippen LogP contribution in [0.5, 0.6) is 0 Å². The number of aliphatic carboxylic acids is 1. The summed E-state index contributed by atoms with van der Waals surface area (Å²) >= 11 is 0. The fourth-order valence-corrected chi connectivity index (χ4v) is 2.23. The number of hydrogen-bond donors (Lipinski definition) is 2. The Labute approximate surface area is 79.3 Å². The summed E-state index contributed by atoms with van der Waals surface area (Å²) in [5.74, 6) is 0.424. The summed E-state index contributed by atoms with van der Waals surface area (Å²) in [6.45, 7) is 2.23. The molecule has 2 unspecified atom stereocenters. The van der Waals surface area contributed by atoms with Crippen molar-refractivity contribution >= 4 is 5.97 Å². The number of carbonyl (C=O) groups is 1. The Balaban J connectivity index is 2.31. The van der Waals surface area contributed by atoms with E-state index in [0.717, 1.165) is 18.8 Å². The van der Waals surface area contributed by atoms with Crippen molar-refractivity contribution in [2.75, 3.05) is 0 Å². The highest BCUT2D eigenvalue weighted by Gasteiger charge is 2.23. The minimum atomic E-state index is -0.863. The number of hydrogen-bond acceptors (Lipinski definition) is 2. The molecular formula is C10H19NO2. The van der Waals surface area contributed by atoms with Crippen LogP contribution in [0.3, 0.4) is 0 Å². The second kappa shape index (κ2) is 4.61. The Hall–Kier alpha value is -0.570. The molecule has 0 bridgehead atoms. The zero-order chi connectivity index (χ0) is 9.84. The summed E-state index contributed by atoms with van der Waals surface area (Å²) in [6.07, 6.45) is 5.49. The molecule has 1 aliphatic carbocycles. The zero-order valence-electron chi connectivity index (χ0n) is 8.20. The monoisotopic (exact) mass is 185 g/mol. The predicted octanol–water partition coefficient (Wildman–Crippen LogP) is 1.61. The van der Waals surface area contributed by atoms with E-state index in [-0.39, 0.29) is 0 Å². The summed E-state index contributed by atoms with van der Waals surface area (Å²) < 4.78 is 0. The average Bonchev–Trinajstić information content (AvgIpc) is 2.04. The molecule has 0 radical (unpaired) electrons. The molecule has 0 amide bonds. The maximum Gasteiger partial charge on any atom is 0.320 e. The Morgan fingerprint density at radius 3 is 2.85 bits per heavy atom. The van der Waals surface area contributed by atoms with E-state index in [1.807, 2.05) is 0 Å². The molecule has 3 N–H and O–H groups in total. The van der Waals surface area contributed by atoms with Gasteiger partial charge in [0.2, 0.25) is 0 Å². The normalized spacial score (nSPS) is 31.2. The molecule has 0 aromatic rings. The smallest absolute Gasteiger partial charge is 0.320 e. The van der Waals surface area contributed by atoms with Gasteiger partial charge in [-0.05, 0) is 24.7 Å². The maximum absolute atomic E-state index is 10.5. The maximum atomic E-state index is 10.5.